The van der Waals surface area contributed by atoms with Gasteiger partial charge in [0.25, 0.3) is 0 Å². The highest BCUT2D eigenvalue weighted by molar-refractivity contribution is 6.30. The van der Waals surface area contributed by atoms with Crippen LogP contribution in [-0.4, -0.2) is 30.0 Å². The predicted molar refractivity (Wildman–Crippen MR) is 110 cm³/mol. The zero-order chi connectivity index (χ0) is 19.9. The number of ether oxygens (including phenoxy) is 1. The number of piperidine rings is 1. The van der Waals surface area contributed by atoms with Gasteiger partial charge in [-0.1, -0.05) is 42.8 Å². The van der Waals surface area contributed by atoms with Crippen molar-refractivity contribution < 1.29 is 14.3 Å². The second-order valence-electron chi connectivity index (χ2n) is 7.26. The van der Waals surface area contributed by atoms with E-state index in [-0.39, 0.29) is 12.5 Å². The lowest BCUT2D eigenvalue weighted by Crippen LogP contribution is -2.38. The Kier molecular flexibility index (Phi) is 6.93. The first kappa shape index (κ1) is 20.2. The molecule has 0 aromatic heterocycles. The van der Waals surface area contributed by atoms with E-state index in [2.05, 4.69) is 12.2 Å². The summed E-state index contributed by atoms with van der Waals surface area (Å²) < 4.78 is 5.20. The Morgan fingerprint density at radius 3 is 2.29 bits per heavy atom. The Morgan fingerprint density at radius 2 is 1.64 bits per heavy atom. The fourth-order valence-electron chi connectivity index (χ4n) is 3.13. The van der Waals surface area contributed by atoms with Gasteiger partial charge in [0.2, 0.25) is 5.91 Å². The zero-order valence-electron chi connectivity index (χ0n) is 16.0. The number of halogens is 1. The van der Waals surface area contributed by atoms with Crippen LogP contribution in [0.1, 0.15) is 30.9 Å². The van der Waals surface area contributed by atoms with Crippen LogP contribution in [-0.2, 0) is 22.6 Å². The molecule has 0 radical (unpaired) electrons. The van der Waals surface area contributed by atoms with Crippen LogP contribution in [0.15, 0.2) is 48.5 Å². The average molecular weight is 401 g/mol. The Labute approximate surface area is 170 Å². The van der Waals surface area contributed by atoms with Gasteiger partial charge < -0.3 is 9.64 Å². The Bertz CT molecular complexity index is 798. The van der Waals surface area contributed by atoms with Crippen LogP contribution in [0.3, 0.4) is 0 Å². The van der Waals surface area contributed by atoms with Crippen LogP contribution < -0.4 is 5.32 Å². The lowest BCUT2D eigenvalue weighted by molar-refractivity contribution is -0.131. The smallest absolute Gasteiger partial charge is 0.411 e. The highest BCUT2D eigenvalue weighted by Gasteiger charge is 2.20. The number of anilines is 1. The van der Waals surface area contributed by atoms with Crippen molar-refractivity contribution >= 4 is 29.3 Å². The van der Waals surface area contributed by atoms with Gasteiger partial charge in [-0.3, -0.25) is 10.1 Å². The van der Waals surface area contributed by atoms with Crippen molar-refractivity contribution in [3.63, 3.8) is 0 Å². The van der Waals surface area contributed by atoms with E-state index in [4.69, 9.17) is 16.3 Å². The molecule has 2 aromatic rings. The molecule has 0 spiro atoms. The molecule has 2 aromatic carbocycles. The third-order valence-corrected chi connectivity index (χ3v) is 5.23. The summed E-state index contributed by atoms with van der Waals surface area (Å²) in [6, 6.07) is 14.4. The fourth-order valence-corrected chi connectivity index (χ4v) is 3.26. The first-order valence-corrected chi connectivity index (χ1v) is 9.92. The molecule has 1 heterocycles. The molecular weight excluding hydrogens is 376 g/mol. The number of hydrogen-bond acceptors (Lipinski definition) is 3. The van der Waals surface area contributed by atoms with Crippen molar-refractivity contribution in [3.05, 3.63) is 64.7 Å². The maximum Gasteiger partial charge on any atom is 0.411 e. The highest BCUT2D eigenvalue weighted by atomic mass is 35.5. The van der Waals surface area contributed by atoms with Crippen LogP contribution in [0.4, 0.5) is 10.5 Å². The first-order chi connectivity index (χ1) is 13.5. The topological polar surface area (TPSA) is 58.6 Å². The lowest BCUT2D eigenvalue weighted by atomic mass is 9.98. The number of nitrogens with zero attached hydrogens (tertiary/aromatic N) is 1. The molecule has 3 rings (SSSR count). The minimum Gasteiger partial charge on any atom is -0.444 e. The third-order valence-electron chi connectivity index (χ3n) is 4.98. The van der Waals surface area contributed by atoms with Gasteiger partial charge in [0.1, 0.15) is 6.61 Å². The fraction of sp³-hybridized carbons (Fsp3) is 0.364. The zero-order valence-corrected chi connectivity index (χ0v) is 16.7. The highest BCUT2D eigenvalue weighted by Crippen LogP contribution is 2.18. The van der Waals surface area contributed by atoms with Crippen molar-refractivity contribution in [2.45, 2.75) is 32.8 Å². The van der Waals surface area contributed by atoms with E-state index in [1.54, 1.807) is 24.3 Å². The first-order valence-electron chi connectivity index (χ1n) is 9.54. The third kappa shape index (κ3) is 5.99. The normalized spacial score (nSPS) is 14.6. The van der Waals surface area contributed by atoms with Crippen molar-refractivity contribution in [1.29, 1.82) is 0 Å². The van der Waals surface area contributed by atoms with Crippen LogP contribution in [0.5, 0.6) is 0 Å². The van der Waals surface area contributed by atoms with Gasteiger partial charge in [-0.2, -0.15) is 0 Å². The summed E-state index contributed by atoms with van der Waals surface area (Å²) in [7, 11) is 0. The predicted octanol–water partition coefficient (Wildman–Crippen LogP) is 4.89. The molecule has 148 valence electrons. The van der Waals surface area contributed by atoms with Gasteiger partial charge in [-0.25, -0.2) is 4.79 Å². The van der Waals surface area contributed by atoms with Crippen molar-refractivity contribution in [3.8, 4) is 0 Å². The number of rotatable bonds is 5. The average Bonchev–Trinajstić information content (AvgIpc) is 2.69. The molecule has 0 aliphatic carbocycles. The molecule has 1 fully saturated rings. The minimum atomic E-state index is -0.527. The summed E-state index contributed by atoms with van der Waals surface area (Å²) in [5.41, 5.74) is 2.42. The molecule has 0 bridgehead atoms. The van der Waals surface area contributed by atoms with Gasteiger partial charge >= 0.3 is 6.09 Å². The van der Waals surface area contributed by atoms with E-state index in [1.807, 2.05) is 29.2 Å². The molecule has 0 saturated carbocycles. The van der Waals surface area contributed by atoms with E-state index in [0.717, 1.165) is 37.1 Å². The second-order valence-corrected chi connectivity index (χ2v) is 7.70. The maximum absolute atomic E-state index is 12.4. The molecule has 2 amide bonds. The quantitative estimate of drug-likeness (QED) is 0.777. The molecule has 1 aliphatic heterocycles. The largest absolute Gasteiger partial charge is 0.444 e. The molecule has 0 unspecified atom stereocenters. The Morgan fingerprint density at radius 1 is 1.04 bits per heavy atom. The standard InChI is InChI=1S/C22H25ClN2O3/c1-16-10-12-25(13-11-16)21(26)14-17-4-8-20(9-5-17)24-22(27)28-15-18-2-6-19(23)7-3-18/h2-9,16H,10-15H2,1H3,(H,24,27). The van der Waals surface area contributed by atoms with Crippen molar-refractivity contribution in [2.24, 2.45) is 5.92 Å². The van der Waals surface area contributed by atoms with Gasteiger partial charge in [-0.05, 0) is 54.2 Å². The summed E-state index contributed by atoms with van der Waals surface area (Å²) in [5.74, 6) is 0.865. The summed E-state index contributed by atoms with van der Waals surface area (Å²) in [4.78, 5) is 26.3. The summed E-state index contributed by atoms with van der Waals surface area (Å²) in [6.07, 6.45) is 2.01. The number of nitrogens with one attached hydrogen (secondary N) is 1. The van der Waals surface area contributed by atoms with E-state index >= 15 is 0 Å². The number of likely N-dealkylation sites (tertiary alicyclic amines) is 1. The molecule has 1 aliphatic rings. The number of carbonyl (C=O) groups excluding carboxylic acids is 2. The van der Waals surface area contributed by atoms with Gasteiger partial charge in [0.05, 0.1) is 6.42 Å². The SMILES string of the molecule is CC1CCN(C(=O)Cc2ccc(NC(=O)OCc3ccc(Cl)cc3)cc2)CC1. The minimum absolute atomic E-state index is 0.162. The van der Waals surface area contributed by atoms with E-state index in [1.165, 1.54) is 0 Å². The number of hydrogen-bond donors (Lipinski definition) is 1. The molecular formula is C22H25ClN2O3. The number of benzene rings is 2. The monoisotopic (exact) mass is 400 g/mol. The van der Waals surface area contributed by atoms with Crippen LogP contribution >= 0.6 is 11.6 Å². The molecule has 6 heteroatoms. The van der Waals surface area contributed by atoms with Gasteiger partial charge in [0.15, 0.2) is 0 Å². The summed E-state index contributed by atoms with van der Waals surface area (Å²) in [5, 5.41) is 3.33. The van der Waals surface area contributed by atoms with Crippen LogP contribution in [0.2, 0.25) is 5.02 Å². The van der Waals surface area contributed by atoms with Crippen molar-refractivity contribution in [2.75, 3.05) is 18.4 Å². The number of amides is 2. The molecule has 5 nitrogen and oxygen atoms in total. The van der Waals surface area contributed by atoms with Gasteiger partial charge in [0, 0.05) is 23.8 Å². The molecule has 1 N–H and O–H groups in total. The van der Waals surface area contributed by atoms with Gasteiger partial charge in [-0.15, -0.1) is 0 Å². The van der Waals surface area contributed by atoms with Crippen molar-refractivity contribution in [1.82, 2.24) is 4.90 Å². The van der Waals surface area contributed by atoms with E-state index in [9.17, 15) is 9.59 Å². The second kappa shape index (κ2) is 9.60. The number of carbonyl (C=O) groups is 2. The summed E-state index contributed by atoms with van der Waals surface area (Å²) >= 11 is 5.83. The Hall–Kier alpha value is -2.53. The van der Waals surface area contributed by atoms with Crippen LogP contribution in [0, 0.1) is 5.92 Å². The van der Waals surface area contributed by atoms with Crippen LogP contribution in [0.25, 0.3) is 0 Å². The summed E-state index contributed by atoms with van der Waals surface area (Å²) in [6.45, 7) is 4.09. The van der Waals surface area contributed by atoms with E-state index in [0.29, 0.717) is 23.0 Å². The lowest BCUT2D eigenvalue weighted by Gasteiger charge is -2.30. The molecule has 1 saturated heterocycles. The molecule has 0 atom stereocenters. The Balaban J connectivity index is 1.45. The maximum atomic E-state index is 12.4. The molecule has 28 heavy (non-hydrogen) atoms. The van der Waals surface area contributed by atoms with E-state index < -0.39 is 6.09 Å².